The molecular weight excluding hydrogens is 634 g/mol. The minimum atomic E-state index is -4.25. The zero-order valence-electron chi connectivity index (χ0n) is 27.2. The van der Waals surface area contributed by atoms with Crippen LogP contribution in [0.1, 0.15) is 43.9 Å². The smallest absolute Gasteiger partial charge is 0.264 e. The minimum absolute atomic E-state index is 0.0241. The molecule has 1 N–H and O–H groups in total. The number of anilines is 1. The molecule has 47 heavy (non-hydrogen) atoms. The van der Waals surface area contributed by atoms with Gasteiger partial charge in [0.1, 0.15) is 18.3 Å². The van der Waals surface area contributed by atoms with Gasteiger partial charge in [0.2, 0.25) is 11.8 Å². The van der Waals surface area contributed by atoms with Gasteiger partial charge in [0.05, 0.1) is 17.2 Å². The third kappa shape index (κ3) is 9.59. The summed E-state index contributed by atoms with van der Waals surface area (Å²) in [4.78, 5) is 30.0. The highest BCUT2D eigenvalue weighted by molar-refractivity contribution is 7.92. The van der Waals surface area contributed by atoms with Crippen LogP contribution in [0, 0.1) is 6.92 Å². The van der Waals surface area contributed by atoms with Gasteiger partial charge in [0, 0.05) is 24.0 Å². The first-order valence-corrected chi connectivity index (χ1v) is 17.5. The summed E-state index contributed by atoms with van der Waals surface area (Å²) >= 11 is 6.07. The highest BCUT2D eigenvalue weighted by atomic mass is 35.5. The van der Waals surface area contributed by atoms with Crippen molar-refractivity contribution in [1.82, 2.24) is 10.2 Å². The molecule has 10 heteroatoms. The van der Waals surface area contributed by atoms with E-state index in [-0.39, 0.29) is 35.5 Å². The van der Waals surface area contributed by atoms with Crippen LogP contribution in [0.2, 0.25) is 5.02 Å². The van der Waals surface area contributed by atoms with E-state index in [4.69, 9.17) is 16.3 Å². The Labute approximate surface area is 283 Å². The SMILES string of the molecule is CCOc1ccc(N(CC(=O)N(Cc2ccc(C)cc2)[C@@H](Cc2ccccc2)C(=O)N[C@@H](C)CC)S(=O)(=O)c2ccc(Cl)cc2)cc1. The first-order chi connectivity index (χ1) is 22.5. The number of aryl methyl sites for hydroxylation is 1. The molecule has 0 saturated carbocycles. The normalized spacial score (nSPS) is 12.5. The number of hydrogen-bond acceptors (Lipinski definition) is 5. The number of nitrogens with zero attached hydrogens (tertiary/aromatic N) is 2. The minimum Gasteiger partial charge on any atom is -0.494 e. The lowest BCUT2D eigenvalue weighted by Gasteiger charge is -2.34. The van der Waals surface area contributed by atoms with Crippen LogP contribution in [0.3, 0.4) is 0 Å². The monoisotopic (exact) mass is 675 g/mol. The zero-order valence-corrected chi connectivity index (χ0v) is 28.8. The molecule has 2 atom stereocenters. The molecular formula is C37H42ClN3O5S. The molecule has 4 rings (SSSR count). The summed E-state index contributed by atoms with van der Waals surface area (Å²) in [6.07, 6.45) is 0.953. The van der Waals surface area contributed by atoms with Crippen molar-refractivity contribution in [2.75, 3.05) is 17.5 Å². The number of benzene rings is 4. The predicted octanol–water partition coefficient (Wildman–Crippen LogP) is 6.80. The summed E-state index contributed by atoms with van der Waals surface area (Å²) in [6.45, 7) is 7.71. The van der Waals surface area contributed by atoms with E-state index in [1.807, 2.05) is 82.3 Å². The molecule has 0 aliphatic heterocycles. The number of nitrogens with one attached hydrogen (secondary N) is 1. The Morgan fingerprint density at radius 2 is 1.49 bits per heavy atom. The predicted molar refractivity (Wildman–Crippen MR) is 187 cm³/mol. The molecule has 0 radical (unpaired) electrons. The standard InChI is InChI=1S/C37H42ClN3O5S/c1-5-28(4)39-37(43)35(24-29-10-8-7-9-11-29)40(25-30-14-12-27(3)13-15-30)36(42)26-41(32-18-20-33(21-19-32)46-6-2)47(44,45)34-22-16-31(38)17-23-34/h7-23,28,35H,5-6,24-26H2,1-4H3,(H,39,43)/t28-,35-/m0/s1. The fourth-order valence-corrected chi connectivity index (χ4v) is 6.56. The van der Waals surface area contributed by atoms with E-state index in [9.17, 15) is 18.0 Å². The number of amides is 2. The fourth-order valence-electron chi connectivity index (χ4n) is 5.02. The second-order valence-corrected chi connectivity index (χ2v) is 13.7. The summed E-state index contributed by atoms with van der Waals surface area (Å²) < 4.78 is 35.0. The largest absolute Gasteiger partial charge is 0.494 e. The van der Waals surface area contributed by atoms with Crippen molar-refractivity contribution in [1.29, 1.82) is 0 Å². The maximum Gasteiger partial charge on any atom is 0.264 e. The lowest BCUT2D eigenvalue weighted by atomic mass is 10.0. The quantitative estimate of drug-likeness (QED) is 0.150. The Morgan fingerprint density at radius 3 is 2.09 bits per heavy atom. The number of carbonyl (C=O) groups is 2. The molecule has 248 valence electrons. The molecule has 0 aromatic heterocycles. The van der Waals surface area contributed by atoms with Crippen LogP contribution in [-0.2, 0) is 32.6 Å². The number of rotatable bonds is 15. The van der Waals surface area contributed by atoms with Gasteiger partial charge in [0.15, 0.2) is 0 Å². The van der Waals surface area contributed by atoms with Gasteiger partial charge in [-0.25, -0.2) is 8.42 Å². The van der Waals surface area contributed by atoms with Gasteiger partial charge in [-0.15, -0.1) is 0 Å². The molecule has 0 unspecified atom stereocenters. The van der Waals surface area contributed by atoms with Gasteiger partial charge in [-0.2, -0.15) is 0 Å². The van der Waals surface area contributed by atoms with E-state index in [1.54, 1.807) is 24.3 Å². The van der Waals surface area contributed by atoms with Gasteiger partial charge in [-0.05, 0) is 86.8 Å². The Balaban J connectivity index is 1.80. The van der Waals surface area contributed by atoms with Crippen molar-refractivity contribution in [2.45, 2.75) is 64.1 Å². The molecule has 0 aliphatic carbocycles. The summed E-state index contributed by atoms with van der Waals surface area (Å²) in [7, 11) is -4.25. The maximum atomic E-state index is 14.6. The zero-order chi connectivity index (χ0) is 34.0. The van der Waals surface area contributed by atoms with Crippen LogP contribution in [0.15, 0.2) is 108 Å². The van der Waals surface area contributed by atoms with Crippen LogP contribution in [0.4, 0.5) is 5.69 Å². The topological polar surface area (TPSA) is 96.0 Å². The number of sulfonamides is 1. The van der Waals surface area contributed by atoms with Crippen molar-refractivity contribution in [3.63, 3.8) is 0 Å². The summed E-state index contributed by atoms with van der Waals surface area (Å²) in [6, 6.07) is 28.5. The Bertz CT molecular complexity index is 1720. The molecule has 4 aromatic rings. The third-order valence-electron chi connectivity index (χ3n) is 7.86. The van der Waals surface area contributed by atoms with Crippen molar-refractivity contribution < 1.29 is 22.7 Å². The van der Waals surface area contributed by atoms with Crippen molar-refractivity contribution >= 4 is 39.1 Å². The second kappa shape index (κ2) is 16.5. The van der Waals surface area contributed by atoms with Gasteiger partial charge in [0.25, 0.3) is 10.0 Å². The maximum absolute atomic E-state index is 14.6. The van der Waals surface area contributed by atoms with Gasteiger partial charge in [-0.1, -0.05) is 78.7 Å². The van der Waals surface area contributed by atoms with Crippen molar-refractivity contribution in [2.24, 2.45) is 0 Å². The lowest BCUT2D eigenvalue weighted by Crippen LogP contribution is -2.54. The van der Waals surface area contributed by atoms with E-state index < -0.39 is 28.5 Å². The Morgan fingerprint density at radius 1 is 0.851 bits per heavy atom. The first-order valence-electron chi connectivity index (χ1n) is 15.7. The molecule has 0 spiro atoms. The average Bonchev–Trinajstić information content (AvgIpc) is 3.07. The van der Waals surface area contributed by atoms with Crippen LogP contribution < -0.4 is 14.4 Å². The van der Waals surface area contributed by atoms with Crippen LogP contribution >= 0.6 is 11.6 Å². The van der Waals surface area contributed by atoms with E-state index in [2.05, 4.69) is 5.32 Å². The van der Waals surface area contributed by atoms with Crippen molar-refractivity contribution in [3.8, 4) is 5.75 Å². The third-order valence-corrected chi connectivity index (χ3v) is 9.90. The van der Waals surface area contributed by atoms with E-state index in [0.29, 0.717) is 23.8 Å². The average molecular weight is 676 g/mol. The van der Waals surface area contributed by atoms with Crippen LogP contribution in [0.5, 0.6) is 5.75 Å². The van der Waals surface area contributed by atoms with Crippen LogP contribution in [0.25, 0.3) is 0 Å². The molecule has 0 aliphatic rings. The van der Waals surface area contributed by atoms with E-state index in [1.165, 1.54) is 29.2 Å². The molecule has 4 aromatic carbocycles. The summed E-state index contributed by atoms with van der Waals surface area (Å²) in [5, 5.41) is 3.44. The van der Waals surface area contributed by atoms with Crippen LogP contribution in [-0.4, -0.2) is 50.4 Å². The summed E-state index contributed by atoms with van der Waals surface area (Å²) in [5.74, 6) is -0.272. The first kappa shape index (κ1) is 35.5. The molecule has 0 fully saturated rings. The Kier molecular flexibility index (Phi) is 12.4. The molecule has 0 saturated heterocycles. The number of halogens is 1. The fraction of sp³-hybridized carbons (Fsp3) is 0.297. The second-order valence-electron chi connectivity index (χ2n) is 11.4. The lowest BCUT2D eigenvalue weighted by molar-refractivity contribution is -0.140. The van der Waals surface area contributed by atoms with Crippen molar-refractivity contribution in [3.05, 3.63) is 125 Å². The van der Waals surface area contributed by atoms with Gasteiger partial charge >= 0.3 is 0 Å². The Hall–Kier alpha value is -4.34. The van der Waals surface area contributed by atoms with Gasteiger partial charge < -0.3 is 15.0 Å². The molecule has 0 bridgehead atoms. The molecule has 2 amide bonds. The molecule has 0 heterocycles. The highest BCUT2D eigenvalue weighted by Gasteiger charge is 2.35. The van der Waals surface area contributed by atoms with Gasteiger partial charge in [-0.3, -0.25) is 13.9 Å². The van der Waals surface area contributed by atoms with E-state index in [0.717, 1.165) is 21.0 Å². The summed E-state index contributed by atoms with van der Waals surface area (Å²) in [5.41, 5.74) is 3.01. The number of carbonyl (C=O) groups excluding carboxylic acids is 2. The van der Waals surface area contributed by atoms with E-state index >= 15 is 0 Å². The number of hydrogen-bond donors (Lipinski definition) is 1. The molecule has 8 nitrogen and oxygen atoms in total. The highest BCUT2D eigenvalue weighted by Crippen LogP contribution is 2.28. The number of ether oxygens (including phenoxy) is 1.